The van der Waals surface area contributed by atoms with Crippen molar-refractivity contribution in [2.75, 3.05) is 5.73 Å². The Morgan fingerprint density at radius 2 is 1.92 bits per heavy atom. The van der Waals surface area contributed by atoms with E-state index in [0.717, 1.165) is 16.7 Å². The molecule has 0 atom stereocenters. The van der Waals surface area contributed by atoms with Gasteiger partial charge in [0.2, 0.25) is 0 Å². The van der Waals surface area contributed by atoms with E-state index < -0.39 is 23.3 Å². The Bertz CT molecular complexity index is 988. The number of aliphatic carboxylic acids is 1. The number of benzene rings is 1. The molecule has 2 amide bonds. The fraction of sp³-hybridized carbons (Fsp3) is 0. The molecule has 0 fully saturated rings. The molecule has 0 saturated carbocycles. The number of anilines is 1. The van der Waals surface area contributed by atoms with Crippen molar-refractivity contribution in [3.8, 4) is 5.69 Å². The van der Waals surface area contributed by atoms with E-state index in [1.807, 2.05) is 0 Å². The quantitative estimate of drug-likeness (QED) is 0.553. The van der Waals surface area contributed by atoms with E-state index in [4.69, 9.17) is 10.8 Å². The third kappa shape index (κ3) is 2.45. The Kier molecular flexibility index (Phi) is 3.49. The fourth-order valence-corrected chi connectivity index (χ4v) is 2.48. The monoisotopic (exact) mass is 325 g/mol. The lowest BCUT2D eigenvalue weighted by atomic mass is 10.1. The van der Waals surface area contributed by atoms with Crippen molar-refractivity contribution in [1.29, 1.82) is 0 Å². The number of carbonyl (C=O) groups excluding carboxylic acids is 2. The summed E-state index contributed by atoms with van der Waals surface area (Å²) in [6.45, 7) is 0. The van der Waals surface area contributed by atoms with E-state index in [-0.39, 0.29) is 16.9 Å². The molecule has 24 heavy (non-hydrogen) atoms. The van der Waals surface area contributed by atoms with Gasteiger partial charge < -0.3 is 10.8 Å². The molecule has 0 radical (unpaired) electrons. The number of nitrogens with zero attached hydrogens (tertiary/aromatic N) is 1. The summed E-state index contributed by atoms with van der Waals surface area (Å²) in [4.78, 5) is 46.4. The lowest BCUT2D eigenvalue weighted by Crippen LogP contribution is -2.24. The summed E-state index contributed by atoms with van der Waals surface area (Å²) in [5.41, 5.74) is 6.13. The van der Waals surface area contributed by atoms with Crippen LogP contribution in [-0.2, 0) is 4.79 Å². The minimum atomic E-state index is -1.11. The number of pyridine rings is 1. The number of nitrogens with one attached hydrogen (secondary N) is 1. The van der Waals surface area contributed by atoms with E-state index in [1.165, 1.54) is 12.1 Å². The zero-order valence-corrected chi connectivity index (χ0v) is 12.1. The second-order valence-corrected chi connectivity index (χ2v) is 5.04. The van der Waals surface area contributed by atoms with Crippen LogP contribution in [0.3, 0.4) is 0 Å². The molecule has 0 aliphatic carbocycles. The molecule has 120 valence electrons. The highest BCUT2D eigenvalue weighted by atomic mass is 16.4. The summed E-state index contributed by atoms with van der Waals surface area (Å²) in [5.74, 6) is -2.59. The summed E-state index contributed by atoms with van der Waals surface area (Å²) >= 11 is 0. The molecular formula is C16H11N3O5. The highest BCUT2D eigenvalue weighted by Crippen LogP contribution is 2.23. The third-order valence-corrected chi connectivity index (χ3v) is 3.50. The minimum absolute atomic E-state index is 0.0499. The Morgan fingerprint density at radius 3 is 2.62 bits per heavy atom. The first-order valence-electron chi connectivity index (χ1n) is 6.81. The maximum atomic E-state index is 12.3. The maximum Gasteiger partial charge on any atom is 0.328 e. The van der Waals surface area contributed by atoms with Crippen molar-refractivity contribution >= 4 is 29.7 Å². The number of rotatable bonds is 3. The molecule has 4 N–H and O–H groups in total. The van der Waals surface area contributed by atoms with Crippen LogP contribution in [0.4, 0.5) is 5.82 Å². The molecule has 1 aromatic carbocycles. The van der Waals surface area contributed by atoms with Crippen molar-refractivity contribution in [1.82, 2.24) is 9.88 Å². The number of fused-ring (bicyclic) bond motifs is 1. The highest BCUT2D eigenvalue weighted by molar-refractivity contribution is 6.23. The van der Waals surface area contributed by atoms with Gasteiger partial charge in [0.25, 0.3) is 17.4 Å². The summed E-state index contributed by atoms with van der Waals surface area (Å²) in [6.07, 6.45) is 2.32. The Morgan fingerprint density at radius 1 is 1.17 bits per heavy atom. The number of hydrogen-bond donors (Lipinski definition) is 3. The van der Waals surface area contributed by atoms with E-state index in [9.17, 15) is 19.2 Å². The standard InChI is InChI=1S/C16H11N3O5/c17-14-13-10(15(23)18-16(13)24)7-11(20)19(14)9-3-1-2-8(6-9)4-5-12(21)22/h1-7H,17H2,(H,21,22)(H,18,23,24). The van der Waals surface area contributed by atoms with E-state index in [0.29, 0.717) is 11.3 Å². The van der Waals surface area contributed by atoms with Gasteiger partial charge in [-0.05, 0) is 23.8 Å². The zero-order valence-electron chi connectivity index (χ0n) is 12.1. The van der Waals surface area contributed by atoms with Gasteiger partial charge in [0.15, 0.2) is 0 Å². The maximum absolute atomic E-state index is 12.3. The van der Waals surface area contributed by atoms with Crippen LogP contribution in [0.15, 0.2) is 41.2 Å². The van der Waals surface area contributed by atoms with Crippen LogP contribution in [0.1, 0.15) is 26.3 Å². The van der Waals surface area contributed by atoms with Crippen LogP contribution in [-0.4, -0.2) is 27.5 Å². The molecule has 1 aliphatic rings. The normalized spacial score (nSPS) is 13.2. The average molecular weight is 325 g/mol. The lowest BCUT2D eigenvalue weighted by Gasteiger charge is -2.12. The van der Waals surface area contributed by atoms with Crippen molar-refractivity contribution in [2.24, 2.45) is 0 Å². The van der Waals surface area contributed by atoms with Gasteiger partial charge in [-0.3, -0.25) is 24.3 Å². The Labute approximate surface area is 134 Å². The molecule has 3 rings (SSSR count). The summed E-state index contributed by atoms with van der Waals surface area (Å²) in [7, 11) is 0. The summed E-state index contributed by atoms with van der Waals surface area (Å²) in [5, 5.41) is 10.8. The third-order valence-electron chi connectivity index (χ3n) is 3.50. The molecule has 2 heterocycles. The van der Waals surface area contributed by atoms with Gasteiger partial charge in [-0.25, -0.2) is 4.79 Å². The number of nitrogens with two attached hydrogens (primary N) is 1. The van der Waals surface area contributed by atoms with Gasteiger partial charge in [0, 0.05) is 12.1 Å². The number of carboxylic acids is 1. The van der Waals surface area contributed by atoms with Crippen LogP contribution in [0.2, 0.25) is 0 Å². The van der Waals surface area contributed by atoms with Crippen LogP contribution in [0, 0.1) is 0 Å². The predicted octanol–water partition coefficient (Wildman–Crippen LogP) is 0.401. The molecule has 1 aliphatic heterocycles. The number of carboxylic acid groups (broad SMARTS) is 1. The van der Waals surface area contributed by atoms with Gasteiger partial charge in [-0.15, -0.1) is 0 Å². The predicted molar refractivity (Wildman–Crippen MR) is 84.9 cm³/mol. The molecule has 0 saturated heterocycles. The average Bonchev–Trinajstić information content (AvgIpc) is 2.80. The Hall–Kier alpha value is -3.68. The number of amides is 2. The number of hydrogen-bond acceptors (Lipinski definition) is 5. The van der Waals surface area contributed by atoms with E-state index >= 15 is 0 Å². The van der Waals surface area contributed by atoms with Gasteiger partial charge in [0.1, 0.15) is 5.82 Å². The number of carbonyl (C=O) groups is 3. The molecule has 0 spiro atoms. The lowest BCUT2D eigenvalue weighted by molar-refractivity contribution is -0.131. The molecule has 8 heteroatoms. The summed E-state index contributed by atoms with van der Waals surface area (Å²) in [6, 6.07) is 7.43. The topological polar surface area (TPSA) is 131 Å². The van der Waals surface area contributed by atoms with Crippen LogP contribution in [0.25, 0.3) is 11.8 Å². The SMILES string of the molecule is Nc1c2c(cc(=O)n1-c1cccc(C=CC(=O)O)c1)C(=O)NC2=O. The van der Waals surface area contributed by atoms with Crippen LogP contribution in [0.5, 0.6) is 0 Å². The number of aromatic nitrogens is 1. The Balaban J connectivity index is 2.18. The van der Waals surface area contributed by atoms with E-state index in [2.05, 4.69) is 5.32 Å². The van der Waals surface area contributed by atoms with Gasteiger partial charge in [-0.1, -0.05) is 12.1 Å². The van der Waals surface area contributed by atoms with Crippen molar-refractivity contribution in [3.05, 3.63) is 63.5 Å². The van der Waals surface area contributed by atoms with Crippen molar-refractivity contribution in [2.45, 2.75) is 0 Å². The van der Waals surface area contributed by atoms with Crippen molar-refractivity contribution in [3.63, 3.8) is 0 Å². The second-order valence-electron chi connectivity index (χ2n) is 5.04. The fourth-order valence-electron chi connectivity index (χ4n) is 2.48. The molecule has 0 unspecified atom stereocenters. The number of imide groups is 1. The highest BCUT2D eigenvalue weighted by Gasteiger charge is 2.31. The van der Waals surface area contributed by atoms with Crippen LogP contribution < -0.4 is 16.6 Å². The molecule has 2 aromatic rings. The summed E-state index contributed by atoms with van der Waals surface area (Å²) < 4.78 is 1.09. The zero-order chi connectivity index (χ0) is 17.4. The number of nitrogen functional groups attached to an aromatic ring is 1. The van der Waals surface area contributed by atoms with Gasteiger partial charge in [0.05, 0.1) is 16.8 Å². The molecule has 0 bridgehead atoms. The van der Waals surface area contributed by atoms with Gasteiger partial charge >= 0.3 is 5.97 Å². The largest absolute Gasteiger partial charge is 0.478 e. The van der Waals surface area contributed by atoms with Crippen LogP contribution >= 0.6 is 0 Å². The second kappa shape index (κ2) is 5.51. The first-order valence-corrected chi connectivity index (χ1v) is 6.81. The first kappa shape index (κ1) is 15.2. The van der Waals surface area contributed by atoms with Crippen molar-refractivity contribution < 1.29 is 19.5 Å². The molecule has 8 nitrogen and oxygen atoms in total. The first-order chi connectivity index (χ1) is 11.4. The molecule has 1 aromatic heterocycles. The molecular weight excluding hydrogens is 314 g/mol. The van der Waals surface area contributed by atoms with E-state index in [1.54, 1.807) is 18.2 Å². The van der Waals surface area contributed by atoms with Gasteiger partial charge in [-0.2, -0.15) is 0 Å². The minimum Gasteiger partial charge on any atom is -0.478 e. The smallest absolute Gasteiger partial charge is 0.328 e.